The molecule has 0 radical (unpaired) electrons. The molecule has 0 fully saturated rings. The molecular weight excluding hydrogens is 464 g/mol. The zero-order valence-corrected chi connectivity index (χ0v) is 23.1. The minimum Gasteiger partial charge on any atom is -0.508 e. The SMILES string of the molecule is Cc1cc(C(C(=O)NC(C)(C)C)N(C(=O)C(CC(N)=O)NC(=O)OC(C)(C)C)C(C)(C)C)ccc1O. The Kier molecular flexibility index (Phi) is 9.54. The summed E-state index contributed by atoms with van der Waals surface area (Å²) in [4.78, 5) is 53.3. The highest BCUT2D eigenvalue weighted by Gasteiger charge is 2.43. The number of alkyl carbamates (subject to hydrolysis) is 1. The van der Waals surface area contributed by atoms with Crippen LogP contribution >= 0.6 is 0 Å². The van der Waals surface area contributed by atoms with Gasteiger partial charge in [0.2, 0.25) is 17.7 Å². The van der Waals surface area contributed by atoms with Crippen molar-refractivity contribution < 1.29 is 29.0 Å². The number of carbonyl (C=O) groups excluding carboxylic acids is 4. The number of aryl methyl sites for hydroxylation is 1. The molecule has 10 nitrogen and oxygen atoms in total. The molecule has 1 aromatic carbocycles. The maximum atomic E-state index is 14.0. The van der Waals surface area contributed by atoms with Crippen molar-refractivity contribution in [1.29, 1.82) is 0 Å². The number of nitrogens with zero attached hydrogens (tertiary/aromatic N) is 1. The fourth-order valence-corrected chi connectivity index (χ4v) is 3.57. The minimum atomic E-state index is -1.38. The van der Waals surface area contributed by atoms with Gasteiger partial charge in [0.15, 0.2) is 0 Å². The lowest BCUT2D eigenvalue weighted by molar-refractivity contribution is -0.149. The van der Waals surface area contributed by atoms with E-state index in [4.69, 9.17) is 10.5 Å². The second kappa shape index (κ2) is 11.2. The van der Waals surface area contributed by atoms with Gasteiger partial charge in [-0.1, -0.05) is 6.07 Å². The number of aromatic hydroxyl groups is 1. The van der Waals surface area contributed by atoms with E-state index in [0.29, 0.717) is 11.1 Å². The fourth-order valence-electron chi connectivity index (χ4n) is 3.57. The molecule has 1 aromatic rings. The van der Waals surface area contributed by atoms with E-state index in [1.54, 1.807) is 60.6 Å². The Balaban J connectivity index is 3.67. The maximum Gasteiger partial charge on any atom is 0.408 e. The van der Waals surface area contributed by atoms with Crippen LogP contribution in [-0.2, 0) is 19.1 Å². The predicted octanol–water partition coefficient (Wildman–Crippen LogP) is 3.05. The van der Waals surface area contributed by atoms with Crippen molar-refractivity contribution in [2.45, 2.75) is 104 Å². The van der Waals surface area contributed by atoms with Gasteiger partial charge in [-0.15, -0.1) is 0 Å². The molecule has 0 saturated carbocycles. The number of primary amides is 1. The Hall–Kier alpha value is -3.30. The summed E-state index contributed by atoms with van der Waals surface area (Å²) in [5.74, 6) is -1.92. The maximum absolute atomic E-state index is 14.0. The zero-order valence-electron chi connectivity index (χ0n) is 23.1. The number of rotatable bonds is 7. The van der Waals surface area contributed by atoms with Crippen molar-refractivity contribution in [1.82, 2.24) is 15.5 Å². The van der Waals surface area contributed by atoms with Gasteiger partial charge in [0.1, 0.15) is 23.4 Å². The molecule has 0 aliphatic carbocycles. The van der Waals surface area contributed by atoms with E-state index in [1.807, 2.05) is 20.8 Å². The third kappa shape index (κ3) is 9.39. The Morgan fingerprint density at radius 3 is 2.00 bits per heavy atom. The summed E-state index contributed by atoms with van der Waals surface area (Å²) in [6.45, 7) is 17.3. The van der Waals surface area contributed by atoms with Crippen LogP contribution in [-0.4, -0.2) is 56.5 Å². The van der Waals surface area contributed by atoms with E-state index in [1.165, 1.54) is 11.0 Å². The number of ether oxygens (including phenoxy) is 1. The number of hydrogen-bond acceptors (Lipinski definition) is 6. The molecule has 0 aromatic heterocycles. The van der Waals surface area contributed by atoms with E-state index in [0.717, 1.165) is 0 Å². The average Bonchev–Trinajstić information content (AvgIpc) is 2.63. The van der Waals surface area contributed by atoms with Gasteiger partial charge in [0.25, 0.3) is 0 Å². The van der Waals surface area contributed by atoms with Gasteiger partial charge in [-0.25, -0.2) is 4.79 Å². The number of hydrogen-bond donors (Lipinski definition) is 4. The predicted molar refractivity (Wildman–Crippen MR) is 137 cm³/mol. The number of phenols is 1. The molecule has 2 atom stereocenters. The molecule has 5 N–H and O–H groups in total. The molecule has 1 rings (SSSR count). The summed E-state index contributed by atoms with van der Waals surface area (Å²) >= 11 is 0. The quantitative estimate of drug-likeness (QED) is 0.446. The molecule has 0 heterocycles. The highest BCUT2D eigenvalue weighted by atomic mass is 16.6. The lowest BCUT2D eigenvalue weighted by atomic mass is 9.93. The van der Waals surface area contributed by atoms with Crippen LogP contribution in [0.25, 0.3) is 0 Å². The summed E-state index contributed by atoms with van der Waals surface area (Å²) in [5, 5.41) is 15.4. The van der Waals surface area contributed by atoms with Gasteiger partial charge in [-0.05, 0) is 92.5 Å². The normalized spacial score (nSPS) is 13.8. The van der Waals surface area contributed by atoms with Gasteiger partial charge >= 0.3 is 6.09 Å². The molecule has 0 aliphatic rings. The largest absolute Gasteiger partial charge is 0.508 e. The zero-order chi connectivity index (χ0) is 28.2. The Labute approximate surface area is 213 Å². The van der Waals surface area contributed by atoms with Crippen molar-refractivity contribution in [3.63, 3.8) is 0 Å². The van der Waals surface area contributed by atoms with Gasteiger partial charge < -0.3 is 31.1 Å². The van der Waals surface area contributed by atoms with Crippen molar-refractivity contribution in [2.24, 2.45) is 5.73 Å². The summed E-state index contributed by atoms with van der Waals surface area (Å²) in [7, 11) is 0. The van der Waals surface area contributed by atoms with Crippen LogP contribution in [0.15, 0.2) is 18.2 Å². The first-order valence-corrected chi connectivity index (χ1v) is 11.8. The van der Waals surface area contributed by atoms with Crippen LogP contribution in [0.2, 0.25) is 0 Å². The summed E-state index contributed by atoms with van der Waals surface area (Å²) in [5.41, 5.74) is 3.97. The smallest absolute Gasteiger partial charge is 0.408 e. The van der Waals surface area contributed by atoms with Crippen LogP contribution in [0.3, 0.4) is 0 Å². The molecule has 4 amide bonds. The summed E-state index contributed by atoms with van der Waals surface area (Å²) < 4.78 is 5.27. The van der Waals surface area contributed by atoms with Crippen LogP contribution in [0.5, 0.6) is 5.75 Å². The second-order valence-corrected chi connectivity index (χ2v) is 11.9. The summed E-state index contributed by atoms with van der Waals surface area (Å²) in [6.07, 6.45) is -1.39. The lowest BCUT2D eigenvalue weighted by Crippen LogP contribution is -2.60. The van der Waals surface area contributed by atoms with E-state index in [2.05, 4.69) is 10.6 Å². The van der Waals surface area contributed by atoms with Crippen molar-refractivity contribution in [3.8, 4) is 5.75 Å². The monoisotopic (exact) mass is 506 g/mol. The topological polar surface area (TPSA) is 151 Å². The van der Waals surface area contributed by atoms with Gasteiger partial charge in [0.05, 0.1) is 6.42 Å². The van der Waals surface area contributed by atoms with E-state index < -0.39 is 59.0 Å². The molecule has 0 spiro atoms. The van der Waals surface area contributed by atoms with Crippen LogP contribution in [0.4, 0.5) is 4.79 Å². The van der Waals surface area contributed by atoms with Gasteiger partial charge in [-0.3, -0.25) is 14.4 Å². The number of nitrogens with one attached hydrogen (secondary N) is 2. The van der Waals surface area contributed by atoms with Gasteiger partial charge in [0, 0.05) is 11.1 Å². The minimum absolute atomic E-state index is 0.0422. The molecule has 0 aliphatic heterocycles. The third-order valence-corrected chi connectivity index (χ3v) is 4.90. The number of benzene rings is 1. The molecule has 0 bridgehead atoms. The Morgan fingerprint density at radius 1 is 1.03 bits per heavy atom. The Bertz CT molecular complexity index is 986. The third-order valence-electron chi connectivity index (χ3n) is 4.90. The first-order valence-electron chi connectivity index (χ1n) is 11.8. The van der Waals surface area contributed by atoms with Crippen LogP contribution in [0.1, 0.15) is 85.9 Å². The second-order valence-electron chi connectivity index (χ2n) is 11.9. The van der Waals surface area contributed by atoms with Crippen LogP contribution < -0.4 is 16.4 Å². The number of amides is 4. The molecule has 0 saturated heterocycles. The number of carbonyl (C=O) groups is 4. The highest BCUT2D eigenvalue weighted by molar-refractivity contribution is 5.95. The average molecular weight is 507 g/mol. The van der Waals surface area contributed by atoms with E-state index >= 15 is 0 Å². The van der Waals surface area contributed by atoms with Crippen molar-refractivity contribution >= 4 is 23.8 Å². The van der Waals surface area contributed by atoms with Crippen molar-refractivity contribution in [2.75, 3.05) is 0 Å². The van der Waals surface area contributed by atoms with Crippen LogP contribution in [0, 0.1) is 6.92 Å². The first kappa shape index (κ1) is 30.7. The highest BCUT2D eigenvalue weighted by Crippen LogP contribution is 2.33. The van der Waals surface area contributed by atoms with Crippen molar-refractivity contribution in [3.05, 3.63) is 29.3 Å². The molecule has 10 heteroatoms. The number of nitrogens with two attached hydrogens (primary N) is 1. The summed E-state index contributed by atoms with van der Waals surface area (Å²) in [6, 6.07) is 2.11. The van der Waals surface area contributed by atoms with E-state index in [9.17, 15) is 24.3 Å². The molecular formula is C26H42N4O6. The standard InChI is InChI=1S/C26H42N4O6/c1-15-13-16(11-12-18(15)31)20(21(33)29-24(2,3)4)30(25(5,6)7)22(34)17(14-19(27)32)28-23(35)36-26(8,9)10/h11-13,17,20,31H,14H2,1-10H3,(H2,27,32)(H,28,35)(H,29,33). The molecule has 2 unspecified atom stereocenters. The Morgan fingerprint density at radius 2 is 1.58 bits per heavy atom. The van der Waals surface area contributed by atoms with E-state index in [-0.39, 0.29) is 5.75 Å². The first-order chi connectivity index (χ1) is 16.1. The lowest BCUT2D eigenvalue weighted by Gasteiger charge is -2.43. The fraction of sp³-hybridized carbons (Fsp3) is 0.615. The number of phenolic OH excluding ortho intramolecular Hbond substituents is 1. The molecule has 202 valence electrons. The van der Waals surface area contributed by atoms with Gasteiger partial charge in [-0.2, -0.15) is 0 Å². The molecule has 36 heavy (non-hydrogen) atoms.